The van der Waals surface area contributed by atoms with Crippen molar-refractivity contribution in [1.82, 2.24) is 4.90 Å². The first-order valence-corrected chi connectivity index (χ1v) is 7.75. The number of anilines is 1. The van der Waals surface area contributed by atoms with Crippen molar-refractivity contribution in [3.05, 3.63) is 69.2 Å². The van der Waals surface area contributed by atoms with E-state index in [4.69, 9.17) is 11.6 Å². The number of carbonyl (C=O) groups excluding carboxylic acids is 1. The summed E-state index contributed by atoms with van der Waals surface area (Å²) in [6.45, 7) is 2.31. The Balaban J connectivity index is 2.04. The van der Waals surface area contributed by atoms with Crippen molar-refractivity contribution in [2.45, 2.75) is 19.5 Å². The van der Waals surface area contributed by atoms with Crippen molar-refractivity contribution in [3.63, 3.8) is 0 Å². The highest BCUT2D eigenvalue weighted by molar-refractivity contribution is 6.30. The normalized spacial score (nSPS) is 12.0. The summed E-state index contributed by atoms with van der Waals surface area (Å²) in [5, 5.41) is 14.3. The lowest BCUT2D eigenvalue weighted by molar-refractivity contribution is -0.383. The highest BCUT2D eigenvalue weighted by Crippen LogP contribution is 2.23. The van der Waals surface area contributed by atoms with Gasteiger partial charge in [0.15, 0.2) is 0 Å². The monoisotopic (exact) mass is 347 g/mol. The number of nitrogens with zero attached hydrogens (tertiary/aromatic N) is 2. The topological polar surface area (TPSA) is 75.5 Å². The summed E-state index contributed by atoms with van der Waals surface area (Å²) in [5.41, 5.74) is 1.09. The van der Waals surface area contributed by atoms with E-state index in [9.17, 15) is 14.9 Å². The number of halogens is 1. The zero-order valence-corrected chi connectivity index (χ0v) is 14.2. The van der Waals surface area contributed by atoms with Gasteiger partial charge in [0, 0.05) is 17.6 Å². The van der Waals surface area contributed by atoms with Crippen LogP contribution in [-0.4, -0.2) is 28.8 Å². The molecule has 24 heavy (non-hydrogen) atoms. The van der Waals surface area contributed by atoms with Crippen molar-refractivity contribution in [1.29, 1.82) is 0 Å². The quantitative estimate of drug-likeness (QED) is 0.638. The minimum atomic E-state index is -0.516. The lowest BCUT2D eigenvalue weighted by Gasteiger charge is -2.24. The number of para-hydroxylation sites is 2. The van der Waals surface area contributed by atoms with Crippen molar-refractivity contribution >= 4 is 28.9 Å². The third kappa shape index (κ3) is 4.53. The second-order valence-corrected chi connectivity index (χ2v) is 5.92. The Kier molecular flexibility index (Phi) is 5.89. The van der Waals surface area contributed by atoms with Crippen LogP contribution < -0.4 is 5.32 Å². The summed E-state index contributed by atoms with van der Waals surface area (Å²) in [6, 6.07) is 13.0. The van der Waals surface area contributed by atoms with Gasteiger partial charge in [-0.25, -0.2) is 0 Å². The van der Waals surface area contributed by atoms with Crippen LogP contribution in [0.3, 0.4) is 0 Å². The third-order valence-electron chi connectivity index (χ3n) is 3.74. The van der Waals surface area contributed by atoms with Crippen LogP contribution in [0.25, 0.3) is 0 Å². The Morgan fingerprint density at radius 3 is 2.50 bits per heavy atom. The lowest BCUT2D eigenvalue weighted by atomic mass is 10.2. The van der Waals surface area contributed by atoms with Crippen molar-refractivity contribution in [2.75, 3.05) is 12.4 Å². The van der Waals surface area contributed by atoms with Crippen molar-refractivity contribution in [3.8, 4) is 0 Å². The third-order valence-corrected chi connectivity index (χ3v) is 4.00. The van der Waals surface area contributed by atoms with Gasteiger partial charge >= 0.3 is 0 Å². The number of carbonyl (C=O) groups is 1. The first-order chi connectivity index (χ1) is 11.4. The standard InChI is InChI=1S/C17H18ClN3O3/c1-12(20(2)11-13-7-9-14(18)10-8-13)17(22)19-15-5-3-4-6-16(15)21(23)24/h3-10,12H,11H2,1-2H3,(H,19,22)/t12-/m0/s1. The highest BCUT2D eigenvalue weighted by atomic mass is 35.5. The number of amides is 1. The zero-order chi connectivity index (χ0) is 17.7. The van der Waals surface area contributed by atoms with E-state index in [1.807, 2.05) is 24.1 Å². The molecule has 1 N–H and O–H groups in total. The fraction of sp³-hybridized carbons (Fsp3) is 0.235. The molecule has 0 bridgehead atoms. The molecule has 2 aromatic carbocycles. The average molecular weight is 348 g/mol. The molecule has 0 aromatic heterocycles. The maximum atomic E-state index is 12.4. The first-order valence-electron chi connectivity index (χ1n) is 7.37. The van der Waals surface area contributed by atoms with Gasteiger partial charge < -0.3 is 5.32 Å². The molecule has 1 amide bonds. The number of hydrogen-bond donors (Lipinski definition) is 1. The molecule has 0 unspecified atom stereocenters. The fourth-order valence-electron chi connectivity index (χ4n) is 2.19. The Hall–Kier alpha value is -2.44. The van der Waals surface area contributed by atoms with Crippen molar-refractivity contribution in [2.24, 2.45) is 0 Å². The van der Waals surface area contributed by atoms with Crippen LogP contribution in [0.15, 0.2) is 48.5 Å². The Bertz CT molecular complexity index is 734. The maximum Gasteiger partial charge on any atom is 0.292 e. The summed E-state index contributed by atoms with van der Waals surface area (Å²) >= 11 is 5.86. The van der Waals surface area contributed by atoms with E-state index >= 15 is 0 Å². The van der Waals surface area contributed by atoms with Crippen LogP contribution >= 0.6 is 11.6 Å². The molecule has 0 aliphatic heterocycles. The van der Waals surface area contributed by atoms with Crippen LogP contribution in [0.2, 0.25) is 5.02 Å². The number of benzene rings is 2. The van der Waals surface area contributed by atoms with E-state index in [-0.39, 0.29) is 17.3 Å². The largest absolute Gasteiger partial charge is 0.319 e. The molecule has 2 rings (SSSR count). The molecule has 7 heteroatoms. The molecular weight excluding hydrogens is 330 g/mol. The smallest absolute Gasteiger partial charge is 0.292 e. The molecule has 0 aliphatic carbocycles. The van der Waals surface area contributed by atoms with Gasteiger partial charge in [0.05, 0.1) is 11.0 Å². The van der Waals surface area contributed by atoms with E-state index in [1.54, 1.807) is 31.2 Å². The van der Waals surface area contributed by atoms with Crippen LogP contribution in [0, 0.1) is 10.1 Å². The Morgan fingerprint density at radius 1 is 1.25 bits per heavy atom. The van der Waals surface area contributed by atoms with Crippen LogP contribution in [-0.2, 0) is 11.3 Å². The predicted octanol–water partition coefficient (Wildman–Crippen LogP) is 3.71. The molecular formula is C17H18ClN3O3. The minimum absolute atomic E-state index is 0.126. The number of nitrogens with one attached hydrogen (secondary N) is 1. The molecule has 0 radical (unpaired) electrons. The summed E-state index contributed by atoms with van der Waals surface area (Å²) in [4.78, 5) is 24.7. The summed E-state index contributed by atoms with van der Waals surface area (Å²) in [7, 11) is 1.82. The molecule has 0 aliphatic rings. The Morgan fingerprint density at radius 2 is 1.88 bits per heavy atom. The second kappa shape index (κ2) is 7.90. The van der Waals surface area contributed by atoms with Gasteiger partial charge in [-0.1, -0.05) is 35.9 Å². The average Bonchev–Trinajstić information content (AvgIpc) is 2.56. The number of hydrogen-bond acceptors (Lipinski definition) is 4. The van der Waals surface area contributed by atoms with E-state index in [1.165, 1.54) is 12.1 Å². The lowest BCUT2D eigenvalue weighted by Crippen LogP contribution is -2.39. The summed E-state index contributed by atoms with van der Waals surface area (Å²) < 4.78 is 0. The highest BCUT2D eigenvalue weighted by Gasteiger charge is 2.21. The summed E-state index contributed by atoms with van der Waals surface area (Å²) in [6.07, 6.45) is 0. The van der Waals surface area contributed by atoms with E-state index < -0.39 is 11.0 Å². The number of rotatable bonds is 6. The van der Waals surface area contributed by atoms with Gasteiger partial charge in [-0.3, -0.25) is 19.8 Å². The maximum absolute atomic E-state index is 12.4. The summed E-state index contributed by atoms with van der Waals surface area (Å²) in [5.74, 6) is -0.305. The number of nitro benzene ring substituents is 1. The number of nitro groups is 1. The molecule has 0 saturated carbocycles. The van der Waals surface area contributed by atoms with Gasteiger partial charge in [0.1, 0.15) is 5.69 Å². The van der Waals surface area contributed by atoms with E-state index in [2.05, 4.69) is 5.32 Å². The van der Waals surface area contributed by atoms with E-state index in [0.29, 0.717) is 11.6 Å². The number of likely N-dealkylation sites (N-methyl/N-ethyl adjacent to an activating group) is 1. The molecule has 0 spiro atoms. The van der Waals surface area contributed by atoms with Crippen LogP contribution in [0.5, 0.6) is 0 Å². The SMILES string of the molecule is C[C@@H](C(=O)Nc1ccccc1[N+](=O)[O-])N(C)Cc1ccc(Cl)cc1. The van der Waals surface area contributed by atoms with E-state index in [0.717, 1.165) is 5.56 Å². The van der Waals surface area contributed by atoms with Gasteiger partial charge in [-0.15, -0.1) is 0 Å². The minimum Gasteiger partial charge on any atom is -0.319 e. The predicted molar refractivity (Wildman–Crippen MR) is 94.1 cm³/mol. The van der Waals surface area contributed by atoms with Crippen LogP contribution in [0.4, 0.5) is 11.4 Å². The zero-order valence-electron chi connectivity index (χ0n) is 13.4. The molecule has 2 aromatic rings. The molecule has 6 nitrogen and oxygen atoms in total. The van der Waals surface area contributed by atoms with Gasteiger partial charge in [0.25, 0.3) is 5.69 Å². The molecule has 0 saturated heterocycles. The van der Waals surface area contributed by atoms with Gasteiger partial charge in [-0.05, 0) is 37.7 Å². The van der Waals surface area contributed by atoms with Gasteiger partial charge in [-0.2, -0.15) is 0 Å². The first kappa shape index (κ1) is 17.9. The molecule has 0 fully saturated rings. The van der Waals surface area contributed by atoms with Crippen molar-refractivity contribution < 1.29 is 9.72 Å². The molecule has 0 heterocycles. The van der Waals surface area contributed by atoms with Crippen LogP contribution in [0.1, 0.15) is 12.5 Å². The Labute approximate surface area is 145 Å². The fourth-order valence-corrected chi connectivity index (χ4v) is 2.32. The van der Waals surface area contributed by atoms with Gasteiger partial charge in [0.2, 0.25) is 5.91 Å². The second-order valence-electron chi connectivity index (χ2n) is 5.48. The molecule has 126 valence electrons. The molecule has 1 atom stereocenters.